The number of unbranched alkanes of at least 4 members (excludes halogenated alkanes) is 1. The molecule has 3 heterocycles. The molecule has 0 aromatic carbocycles. The lowest BCUT2D eigenvalue weighted by molar-refractivity contribution is -0.134. The fraction of sp³-hybridized carbons (Fsp3) is 0.722. The molecule has 3 rings (SSSR count). The summed E-state index contributed by atoms with van der Waals surface area (Å²) in [4.78, 5) is 22.8. The van der Waals surface area contributed by atoms with Crippen molar-refractivity contribution >= 4 is 27.5 Å². The molecule has 2 aliphatic heterocycles. The van der Waals surface area contributed by atoms with Crippen LogP contribution in [0.1, 0.15) is 50.8 Å². The van der Waals surface area contributed by atoms with Crippen LogP contribution < -0.4 is 4.74 Å². The minimum absolute atomic E-state index is 0.0407. The summed E-state index contributed by atoms with van der Waals surface area (Å²) in [6.45, 7) is 3.39. The van der Waals surface area contributed by atoms with Crippen LogP contribution >= 0.6 is 21.6 Å². The van der Waals surface area contributed by atoms with Gasteiger partial charge in [0, 0.05) is 36.2 Å². The lowest BCUT2D eigenvalue weighted by atomic mass is 10.1. The van der Waals surface area contributed by atoms with Crippen LogP contribution in [0.2, 0.25) is 0 Å². The number of aromatic nitrogens is 2. The predicted octanol–water partition coefficient (Wildman–Crippen LogP) is 3.87. The van der Waals surface area contributed by atoms with Crippen molar-refractivity contribution < 1.29 is 9.53 Å². The van der Waals surface area contributed by atoms with E-state index in [2.05, 4.69) is 9.97 Å². The number of piperidine rings is 1. The van der Waals surface area contributed by atoms with Crippen molar-refractivity contribution in [1.29, 1.82) is 0 Å². The Balaban J connectivity index is 1.38. The Kier molecular flexibility index (Phi) is 7.28. The molecule has 0 aliphatic carbocycles. The molecular formula is C18H27N3O2S2. The van der Waals surface area contributed by atoms with Gasteiger partial charge < -0.3 is 9.64 Å². The topological polar surface area (TPSA) is 55.3 Å². The first-order chi connectivity index (χ1) is 12.2. The zero-order valence-corrected chi connectivity index (χ0v) is 16.5. The summed E-state index contributed by atoms with van der Waals surface area (Å²) >= 11 is 0. The largest absolute Gasteiger partial charge is 0.472 e. The molecule has 1 aromatic rings. The first-order valence-electron chi connectivity index (χ1n) is 9.23. The van der Waals surface area contributed by atoms with Crippen molar-refractivity contribution in [3.05, 3.63) is 18.1 Å². The van der Waals surface area contributed by atoms with Gasteiger partial charge in [-0.05, 0) is 39.0 Å². The highest BCUT2D eigenvalue weighted by Gasteiger charge is 2.25. The molecule has 1 amide bonds. The first kappa shape index (κ1) is 18.8. The second kappa shape index (κ2) is 9.67. The molecular weight excluding hydrogens is 354 g/mol. The summed E-state index contributed by atoms with van der Waals surface area (Å²) in [5.41, 5.74) is 0. The summed E-state index contributed by atoms with van der Waals surface area (Å²) in [7, 11) is 4.02. The van der Waals surface area contributed by atoms with E-state index in [9.17, 15) is 4.79 Å². The summed E-state index contributed by atoms with van der Waals surface area (Å²) in [6, 6.07) is 1.78. The molecule has 0 N–H and O–H groups in total. The van der Waals surface area contributed by atoms with E-state index in [1.807, 2.05) is 33.4 Å². The van der Waals surface area contributed by atoms with Crippen LogP contribution in [0.5, 0.6) is 5.88 Å². The summed E-state index contributed by atoms with van der Waals surface area (Å²) in [5, 5.41) is 0.809. The first-order valence-corrected chi connectivity index (χ1v) is 11.6. The van der Waals surface area contributed by atoms with Gasteiger partial charge >= 0.3 is 0 Å². The van der Waals surface area contributed by atoms with Crippen molar-refractivity contribution in [3.8, 4) is 5.88 Å². The molecule has 25 heavy (non-hydrogen) atoms. The minimum atomic E-state index is 0.0407. The normalized spacial score (nSPS) is 23.6. The fourth-order valence-corrected chi connectivity index (χ4v) is 6.33. The van der Waals surface area contributed by atoms with E-state index in [1.165, 1.54) is 18.6 Å². The van der Waals surface area contributed by atoms with Crippen LogP contribution in [-0.2, 0) is 4.79 Å². The zero-order chi connectivity index (χ0) is 17.5. The summed E-state index contributed by atoms with van der Waals surface area (Å²) < 4.78 is 5.96. The molecule has 0 radical (unpaired) electrons. The molecule has 1 aromatic heterocycles. The standard InChI is InChI=1S/C18H27N3O2S2/c1-14-19-10-8-17(20-14)23-15-5-4-11-21(13-15)18(22)7-3-2-6-16-9-12-24-25-16/h8,10,15-16H,2-7,9,11-13H2,1H3. The van der Waals surface area contributed by atoms with E-state index in [0.717, 1.165) is 37.5 Å². The molecule has 2 unspecified atom stereocenters. The third kappa shape index (κ3) is 6.06. The van der Waals surface area contributed by atoms with E-state index >= 15 is 0 Å². The Bertz CT molecular complexity index is 567. The maximum absolute atomic E-state index is 12.5. The molecule has 5 nitrogen and oxygen atoms in total. The van der Waals surface area contributed by atoms with E-state index < -0.39 is 0 Å². The number of carbonyl (C=O) groups excluding carboxylic acids is 1. The average molecular weight is 382 g/mol. The van der Waals surface area contributed by atoms with Gasteiger partial charge in [0.05, 0.1) is 6.54 Å². The second-order valence-corrected chi connectivity index (χ2v) is 9.53. The monoisotopic (exact) mass is 381 g/mol. The molecule has 2 atom stereocenters. The third-order valence-electron chi connectivity index (χ3n) is 4.66. The van der Waals surface area contributed by atoms with E-state index in [-0.39, 0.29) is 12.0 Å². The molecule has 0 bridgehead atoms. The number of hydrogen-bond donors (Lipinski definition) is 0. The predicted molar refractivity (Wildman–Crippen MR) is 104 cm³/mol. The van der Waals surface area contributed by atoms with Crippen molar-refractivity contribution in [3.63, 3.8) is 0 Å². The van der Waals surface area contributed by atoms with Gasteiger partial charge in [-0.1, -0.05) is 28.0 Å². The third-order valence-corrected chi connectivity index (χ3v) is 7.67. The molecule has 2 fully saturated rings. The number of likely N-dealkylation sites (tertiary alicyclic amines) is 1. The van der Waals surface area contributed by atoms with Crippen molar-refractivity contribution in [2.75, 3.05) is 18.8 Å². The van der Waals surface area contributed by atoms with Crippen LogP contribution in [0.15, 0.2) is 12.3 Å². The zero-order valence-electron chi connectivity index (χ0n) is 14.9. The number of carbonyl (C=O) groups is 1. The van der Waals surface area contributed by atoms with Gasteiger partial charge in [-0.3, -0.25) is 4.79 Å². The van der Waals surface area contributed by atoms with E-state index in [0.29, 0.717) is 24.7 Å². The Hall–Kier alpha value is -0.950. The van der Waals surface area contributed by atoms with Gasteiger partial charge in [-0.15, -0.1) is 0 Å². The van der Waals surface area contributed by atoms with Gasteiger partial charge in [0.15, 0.2) is 0 Å². The smallest absolute Gasteiger partial charge is 0.222 e. The van der Waals surface area contributed by atoms with Gasteiger partial charge in [-0.25, -0.2) is 4.98 Å². The van der Waals surface area contributed by atoms with E-state index in [4.69, 9.17) is 4.74 Å². The molecule has 0 saturated carbocycles. The Morgan fingerprint density at radius 2 is 2.32 bits per heavy atom. The summed E-state index contributed by atoms with van der Waals surface area (Å²) in [6.07, 6.45) is 9.15. The molecule has 0 spiro atoms. The second-order valence-electron chi connectivity index (χ2n) is 6.74. The quantitative estimate of drug-likeness (QED) is 0.528. The highest BCUT2D eigenvalue weighted by Crippen LogP contribution is 2.39. The van der Waals surface area contributed by atoms with Crippen LogP contribution in [0.25, 0.3) is 0 Å². The number of rotatable bonds is 7. The van der Waals surface area contributed by atoms with Crippen molar-refractivity contribution in [2.24, 2.45) is 0 Å². The van der Waals surface area contributed by atoms with Crippen molar-refractivity contribution in [1.82, 2.24) is 14.9 Å². The van der Waals surface area contributed by atoms with E-state index in [1.54, 1.807) is 12.3 Å². The number of nitrogens with zero attached hydrogens (tertiary/aromatic N) is 3. The lowest BCUT2D eigenvalue weighted by Gasteiger charge is -2.32. The molecule has 138 valence electrons. The van der Waals surface area contributed by atoms with Crippen LogP contribution in [0.3, 0.4) is 0 Å². The van der Waals surface area contributed by atoms with Crippen LogP contribution in [-0.4, -0.2) is 51.0 Å². The fourth-order valence-electron chi connectivity index (χ4n) is 3.30. The minimum Gasteiger partial charge on any atom is -0.472 e. The lowest BCUT2D eigenvalue weighted by Crippen LogP contribution is -2.44. The molecule has 2 saturated heterocycles. The van der Waals surface area contributed by atoms with Crippen LogP contribution in [0.4, 0.5) is 0 Å². The highest BCUT2D eigenvalue weighted by atomic mass is 33.1. The number of hydrogen-bond acceptors (Lipinski definition) is 6. The van der Waals surface area contributed by atoms with Crippen molar-refractivity contribution in [2.45, 2.75) is 63.2 Å². The maximum atomic E-state index is 12.5. The number of ether oxygens (including phenoxy) is 1. The van der Waals surface area contributed by atoms with Gasteiger partial charge in [0.1, 0.15) is 11.9 Å². The maximum Gasteiger partial charge on any atom is 0.222 e. The molecule has 2 aliphatic rings. The Morgan fingerprint density at radius 3 is 3.12 bits per heavy atom. The highest BCUT2D eigenvalue weighted by molar-refractivity contribution is 8.77. The number of amides is 1. The van der Waals surface area contributed by atoms with Gasteiger partial charge in [-0.2, -0.15) is 4.98 Å². The van der Waals surface area contributed by atoms with Crippen LogP contribution in [0, 0.1) is 6.92 Å². The van der Waals surface area contributed by atoms with Gasteiger partial charge in [0.25, 0.3) is 0 Å². The van der Waals surface area contributed by atoms with Gasteiger partial charge in [0.2, 0.25) is 11.8 Å². The summed E-state index contributed by atoms with van der Waals surface area (Å²) in [5.74, 6) is 2.88. The average Bonchev–Trinajstić information content (AvgIpc) is 3.12. The molecule has 7 heteroatoms. The Morgan fingerprint density at radius 1 is 1.40 bits per heavy atom. The number of aryl methyl sites for hydroxylation is 1. The Labute approximate surface area is 158 Å². The SMILES string of the molecule is Cc1nccc(OC2CCCN(C(=O)CCCCC3CCSS3)C2)n1.